The van der Waals surface area contributed by atoms with Gasteiger partial charge in [-0.05, 0) is 24.5 Å². The van der Waals surface area contributed by atoms with Crippen LogP contribution in [0.3, 0.4) is 0 Å². The molecule has 3 heterocycles. The molecule has 0 bridgehead atoms. The van der Waals surface area contributed by atoms with Crippen molar-refractivity contribution in [2.24, 2.45) is 0 Å². The highest BCUT2D eigenvalue weighted by molar-refractivity contribution is 5.63. The van der Waals surface area contributed by atoms with Crippen LogP contribution in [0.4, 0.5) is 11.6 Å². The topological polar surface area (TPSA) is 61.0 Å². The molecule has 0 saturated heterocycles. The summed E-state index contributed by atoms with van der Waals surface area (Å²) in [6, 6.07) is 8.37. The van der Waals surface area contributed by atoms with Gasteiger partial charge in [0.2, 0.25) is 5.95 Å². The number of aromatic nitrogens is 2. The van der Waals surface area contributed by atoms with Crippen LogP contribution in [0.1, 0.15) is 23.2 Å². The number of H-pyrrole nitrogens is 1. The molecule has 2 aromatic rings. The van der Waals surface area contributed by atoms with Crippen molar-refractivity contribution >= 4 is 11.6 Å². The molecule has 0 spiro atoms. The minimum absolute atomic E-state index is 0.00902. The lowest BCUT2D eigenvalue weighted by atomic mass is 10.0. The number of fused-ring (bicyclic) bond motifs is 2. The second-order valence-corrected chi connectivity index (χ2v) is 5.63. The van der Waals surface area contributed by atoms with Gasteiger partial charge in [0.25, 0.3) is 5.56 Å². The van der Waals surface area contributed by atoms with E-state index >= 15 is 0 Å². The fourth-order valence-corrected chi connectivity index (χ4v) is 3.22. The van der Waals surface area contributed by atoms with Crippen LogP contribution in [0.25, 0.3) is 0 Å². The first-order chi connectivity index (χ1) is 10.3. The third-order valence-electron chi connectivity index (χ3n) is 4.29. The maximum Gasteiger partial charge on any atom is 0.257 e. The summed E-state index contributed by atoms with van der Waals surface area (Å²) in [4.78, 5) is 22.1. The lowest BCUT2D eigenvalue weighted by Crippen LogP contribution is -2.34. The predicted molar refractivity (Wildman–Crippen MR) is 82.0 cm³/mol. The fraction of sp³-hybridized carbons (Fsp3) is 0.375. The van der Waals surface area contributed by atoms with Crippen LogP contribution in [0.15, 0.2) is 29.1 Å². The predicted octanol–water partition coefficient (Wildman–Crippen LogP) is 1.50. The molecule has 0 unspecified atom stereocenters. The first kappa shape index (κ1) is 12.6. The Bertz CT molecular complexity index is 737. The summed E-state index contributed by atoms with van der Waals surface area (Å²) in [7, 11) is 0. The highest BCUT2D eigenvalue weighted by Crippen LogP contribution is 2.31. The summed E-state index contributed by atoms with van der Waals surface area (Å²) >= 11 is 0. The molecule has 1 aromatic carbocycles. The molecule has 108 valence electrons. The Morgan fingerprint density at radius 2 is 2.10 bits per heavy atom. The van der Waals surface area contributed by atoms with E-state index in [1.807, 2.05) is 6.07 Å². The van der Waals surface area contributed by atoms with E-state index in [0.717, 1.165) is 43.6 Å². The van der Waals surface area contributed by atoms with Gasteiger partial charge in [0, 0.05) is 31.7 Å². The van der Waals surface area contributed by atoms with Gasteiger partial charge in [0.1, 0.15) is 0 Å². The Morgan fingerprint density at radius 3 is 3.05 bits per heavy atom. The molecule has 0 fully saturated rings. The van der Waals surface area contributed by atoms with E-state index in [0.29, 0.717) is 12.5 Å². The Labute approximate surface area is 123 Å². The number of hydrogen-bond acceptors (Lipinski definition) is 4. The van der Waals surface area contributed by atoms with E-state index in [1.165, 1.54) is 11.3 Å². The second kappa shape index (κ2) is 5.00. The molecule has 0 radical (unpaired) electrons. The van der Waals surface area contributed by atoms with Crippen LogP contribution in [0.2, 0.25) is 0 Å². The number of nitrogens with one attached hydrogen (secondary N) is 2. The smallest absolute Gasteiger partial charge is 0.257 e. The number of aryl methyl sites for hydroxylation is 1. The zero-order valence-electron chi connectivity index (χ0n) is 11.9. The summed E-state index contributed by atoms with van der Waals surface area (Å²) in [6.07, 6.45) is 2.99. The number of rotatable bonds is 1. The third-order valence-corrected chi connectivity index (χ3v) is 4.29. The lowest BCUT2D eigenvalue weighted by Gasteiger charge is -2.30. The molecule has 5 nitrogen and oxygen atoms in total. The van der Waals surface area contributed by atoms with Gasteiger partial charge >= 0.3 is 0 Å². The van der Waals surface area contributed by atoms with Crippen molar-refractivity contribution in [2.75, 3.05) is 18.0 Å². The minimum atomic E-state index is -0.00902. The summed E-state index contributed by atoms with van der Waals surface area (Å²) in [5, 5.41) is 3.22. The first-order valence-electron chi connectivity index (χ1n) is 7.51. The van der Waals surface area contributed by atoms with E-state index < -0.39 is 0 Å². The average molecular weight is 282 g/mol. The van der Waals surface area contributed by atoms with E-state index in [1.54, 1.807) is 0 Å². The quantitative estimate of drug-likeness (QED) is 0.832. The zero-order chi connectivity index (χ0) is 14.2. The van der Waals surface area contributed by atoms with Gasteiger partial charge in [-0.1, -0.05) is 18.2 Å². The lowest BCUT2D eigenvalue weighted by molar-refractivity contribution is 0.617. The number of para-hydroxylation sites is 1. The van der Waals surface area contributed by atoms with Gasteiger partial charge in [0.05, 0.1) is 11.3 Å². The van der Waals surface area contributed by atoms with Crippen molar-refractivity contribution in [3.05, 3.63) is 51.4 Å². The van der Waals surface area contributed by atoms with Gasteiger partial charge in [-0.2, -0.15) is 0 Å². The Morgan fingerprint density at radius 1 is 1.19 bits per heavy atom. The highest BCUT2D eigenvalue weighted by Gasteiger charge is 2.22. The molecular formula is C16H18N4O. The molecule has 5 heteroatoms. The average Bonchev–Trinajstić information content (AvgIpc) is 2.54. The van der Waals surface area contributed by atoms with E-state index in [2.05, 4.69) is 33.4 Å². The van der Waals surface area contributed by atoms with Crippen LogP contribution in [0, 0.1) is 0 Å². The van der Waals surface area contributed by atoms with E-state index in [9.17, 15) is 4.79 Å². The van der Waals surface area contributed by atoms with Crippen LogP contribution >= 0.6 is 0 Å². The summed E-state index contributed by atoms with van der Waals surface area (Å²) in [6.45, 7) is 2.41. The van der Waals surface area contributed by atoms with Gasteiger partial charge in [-0.15, -0.1) is 0 Å². The minimum Gasteiger partial charge on any atom is -0.312 e. The molecule has 4 rings (SSSR count). The highest BCUT2D eigenvalue weighted by atomic mass is 16.1. The Hall–Kier alpha value is -2.14. The third kappa shape index (κ3) is 2.14. The molecule has 2 N–H and O–H groups in total. The maximum absolute atomic E-state index is 12.3. The monoisotopic (exact) mass is 282 g/mol. The standard InChI is InChI=1S/C16H18N4O/c21-15-12-10-17-8-7-13(12)18-16(19-15)20-9-3-5-11-4-1-2-6-14(11)20/h1-2,4,6,17H,3,5,7-10H2,(H,18,19,21). The van der Waals surface area contributed by atoms with Crippen molar-refractivity contribution in [1.82, 2.24) is 15.3 Å². The van der Waals surface area contributed by atoms with Crippen LogP contribution in [0.5, 0.6) is 0 Å². The Kier molecular flexibility index (Phi) is 3.00. The van der Waals surface area contributed by atoms with Gasteiger partial charge in [0.15, 0.2) is 0 Å². The number of aromatic amines is 1. The largest absolute Gasteiger partial charge is 0.312 e. The van der Waals surface area contributed by atoms with Crippen molar-refractivity contribution < 1.29 is 0 Å². The van der Waals surface area contributed by atoms with E-state index in [4.69, 9.17) is 4.98 Å². The number of hydrogen-bond donors (Lipinski definition) is 2. The molecule has 0 aliphatic carbocycles. The van der Waals surface area contributed by atoms with Crippen LogP contribution in [-0.4, -0.2) is 23.1 Å². The van der Waals surface area contributed by atoms with E-state index in [-0.39, 0.29) is 5.56 Å². The second-order valence-electron chi connectivity index (χ2n) is 5.63. The van der Waals surface area contributed by atoms with Gasteiger partial charge < -0.3 is 10.2 Å². The molecule has 0 saturated carbocycles. The van der Waals surface area contributed by atoms with Crippen LogP contribution < -0.4 is 15.8 Å². The van der Waals surface area contributed by atoms with Crippen molar-refractivity contribution in [1.29, 1.82) is 0 Å². The molecule has 0 atom stereocenters. The Balaban J connectivity index is 1.81. The first-order valence-corrected chi connectivity index (χ1v) is 7.51. The molecule has 1 aromatic heterocycles. The number of anilines is 2. The van der Waals surface area contributed by atoms with Gasteiger partial charge in [-0.25, -0.2) is 4.98 Å². The molecule has 0 amide bonds. The summed E-state index contributed by atoms with van der Waals surface area (Å²) in [5.74, 6) is 0.688. The summed E-state index contributed by atoms with van der Waals surface area (Å²) in [5.41, 5.74) is 4.21. The van der Waals surface area contributed by atoms with Crippen molar-refractivity contribution in [3.8, 4) is 0 Å². The van der Waals surface area contributed by atoms with Crippen LogP contribution in [-0.2, 0) is 19.4 Å². The molecule has 2 aliphatic rings. The number of benzene rings is 1. The fourth-order valence-electron chi connectivity index (χ4n) is 3.22. The normalized spacial score (nSPS) is 17.2. The maximum atomic E-state index is 12.3. The van der Waals surface area contributed by atoms with Crippen molar-refractivity contribution in [3.63, 3.8) is 0 Å². The molecule has 2 aliphatic heterocycles. The summed E-state index contributed by atoms with van der Waals surface area (Å²) < 4.78 is 0. The molecule has 21 heavy (non-hydrogen) atoms. The number of nitrogens with zero attached hydrogens (tertiary/aromatic N) is 2. The molecular weight excluding hydrogens is 264 g/mol. The zero-order valence-corrected chi connectivity index (χ0v) is 11.9. The SMILES string of the molecule is O=c1[nH]c(N2CCCc3ccccc32)nc2c1CNCC2. The van der Waals surface area contributed by atoms with Crippen molar-refractivity contribution in [2.45, 2.75) is 25.8 Å². The van der Waals surface area contributed by atoms with Gasteiger partial charge in [-0.3, -0.25) is 9.78 Å².